The lowest BCUT2D eigenvalue weighted by molar-refractivity contribution is 0.282. The summed E-state index contributed by atoms with van der Waals surface area (Å²) in [4.78, 5) is 0. The fourth-order valence-electron chi connectivity index (χ4n) is 2.68. The third-order valence-corrected chi connectivity index (χ3v) is 4.36. The molecular formula is C19H24O2S. The number of hydrogen-bond donors (Lipinski definition) is 1. The molecule has 0 saturated heterocycles. The molecule has 0 unspecified atom stereocenters. The lowest BCUT2D eigenvalue weighted by atomic mass is 9.94. The van der Waals surface area contributed by atoms with Crippen molar-refractivity contribution in [2.45, 2.75) is 26.9 Å². The van der Waals surface area contributed by atoms with E-state index in [4.69, 9.17) is 4.74 Å². The average Bonchev–Trinajstić information content (AvgIpc) is 2.51. The van der Waals surface area contributed by atoms with Gasteiger partial charge in [-0.3, -0.25) is 0 Å². The summed E-state index contributed by atoms with van der Waals surface area (Å²) in [5.74, 6) is 2.07. The van der Waals surface area contributed by atoms with Gasteiger partial charge in [0.25, 0.3) is 0 Å². The number of hydrogen-bond acceptors (Lipinski definition) is 3. The van der Waals surface area contributed by atoms with E-state index in [1.54, 1.807) is 0 Å². The summed E-state index contributed by atoms with van der Waals surface area (Å²) in [6.45, 7) is 5.06. The predicted molar refractivity (Wildman–Crippen MR) is 95.8 cm³/mol. The van der Waals surface area contributed by atoms with Crippen molar-refractivity contribution >= 4 is 11.8 Å². The lowest BCUT2D eigenvalue weighted by Gasteiger charge is -2.14. The van der Waals surface area contributed by atoms with Crippen molar-refractivity contribution in [1.82, 2.24) is 0 Å². The van der Waals surface area contributed by atoms with Crippen LogP contribution in [0.15, 0.2) is 36.4 Å². The van der Waals surface area contributed by atoms with E-state index in [9.17, 15) is 5.11 Å². The number of ether oxygens (including phenoxy) is 1. The largest absolute Gasteiger partial charge is 0.494 e. The monoisotopic (exact) mass is 316 g/mol. The standard InChI is InChI=1S/C19H24O2S/c1-14-10-18(21-8-5-9-22-3)11-15(2)19(14)17-7-4-6-16(12-17)13-20/h4,6-7,10-12,20H,5,8-9,13H2,1-3H3. The Morgan fingerprint density at radius 3 is 2.45 bits per heavy atom. The van der Waals surface area contributed by atoms with Gasteiger partial charge in [-0.15, -0.1) is 0 Å². The van der Waals surface area contributed by atoms with E-state index in [-0.39, 0.29) is 6.61 Å². The van der Waals surface area contributed by atoms with E-state index < -0.39 is 0 Å². The van der Waals surface area contributed by atoms with Crippen LogP contribution in [0.4, 0.5) is 0 Å². The minimum Gasteiger partial charge on any atom is -0.494 e. The fraction of sp³-hybridized carbons (Fsp3) is 0.368. The van der Waals surface area contributed by atoms with Crippen LogP contribution < -0.4 is 4.74 Å². The molecule has 0 amide bonds. The normalized spacial score (nSPS) is 10.7. The maximum Gasteiger partial charge on any atom is 0.119 e. The van der Waals surface area contributed by atoms with Crippen LogP contribution in [0.5, 0.6) is 5.75 Å². The Labute approximate surface area is 137 Å². The van der Waals surface area contributed by atoms with Gasteiger partial charge in [-0.1, -0.05) is 18.2 Å². The van der Waals surface area contributed by atoms with E-state index in [0.29, 0.717) is 0 Å². The molecule has 2 aromatic carbocycles. The van der Waals surface area contributed by atoms with E-state index >= 15 is 0 Å². The van der Waals surface area contributed by atoms with E-state index in [0.717, 1.165) is 35.7 Å². The van der Waals surface area contributed by atoms with Crippen molar-refractivity contribution in [1.29, 1.82) is 0 Å². The zero-order chi connectivity index (χ0) is 15.9. The van der Waals surface area contributed by atoms with Crippen LogP contribution in [0.2, 0.25) is 0 Å². The van der Waals surface area contributed by atoms with Gasteiger partial charge in [-0.05, 0) is 78.3 Å². The highest BCUT2D eigenvalue weighted by Crippen LogP contribution is 2.31. The molecule has 0 spiro atoms. The summed E-state index contributed by atoms with van der Waals surface area (Å²) in [7, 11) is 0. The molecule has 0 saturated carbocycles. The van der Waals surface area contributed by atoms with Gasteiger partial charge in [0, 0.05) is 0 Å². The second-order valence-electron chi connectivity index (χ2n) is 5.49. The van der Waals surface area contributed by atoms with Crippen LogP contribution in [0.25, 0.3) is 11.1 Å². The van der Waals surface area contributed by atoms with Gasteiger partial charge in [-0.25, -0.2) is 0 Å². The molecule has 0 aliphatic rings. The average molecular weight is 316 g/mol. The molecule has 0 aliphatic heterocycles. The summed E-state index contributed by atoms with van der Waals surface area (Å²) in [6, 6.07) is 12.3. The maximum absolute atomic E-state index is 9.31. The highest BCUT2D eigenvalue weighted by atomic mass is 32.2. The number of aliphatic hydroxyl groups excluding tert-OH is 1. The van der Waals surface area contributed by atoms with Gasteiger partial charge in [0.2, 0.25) is 0 Å². The van der Waals surface area contributed by atoms with Crippen LogP contribution in [0.1, 0.15) is 23.1 Å². The predicted octanol–water partition coefficient (Wildman–Crippen LogP) is 4.59. The van der Waals surface area contributed by atoms with Crippen LogP contribution >= 0.6 is 11.8 Å². The minimum absolute atomic E-state index is 0.0720. The Bertz CT molecular complexity index is 600. The van der Waals surface area contributed by atoms with Crippen LogP contribution in [-0.4, -0.2) is 23.7 Å². The minimum atomic E-state index is 0.0720. The van der Waals surface area contributed by atoms with Crippen molar-refractivity contribution in [3.8, 4) is 16.9 Å². The molecule has 0 heterocycles. The van der Waals surface area contributed by atoms with E-state index in [1.807, 2.05) is 30.0 Å². The Balaban J connectivity index is 2.22. The molecular weight excluding hydrogens is 292 g/mol. The zero-order valence-electron chi connectivity index (χ0n) is 13.6. The van der Waals surface area contributed by atoms with Crippen molar-refractivity contribution in [3.05, 3.63) is 53.1 Å². The highest BCUT2D eigenvalue weighted by molar-refractivity contribution is 7.98. The van der Waals surface area contributed by atoms with Gasteiger partial charge in [0.1, 0.15) is 5.75 Å². The second kappa shape index (κ2) is 8.25. The van der Waals surface area contributed by atoms with Crippen molar-refractivity contribution in [3.63, 3.8) is 0 Å². The molecule has 22 heavy (non-hydrogen) atoms. The summed E-state index contributed by atoms with van der Waals surface area (Å²) in [5.41, 5.74) is 5.72. The number of rotatable bonds is 7. The summed E-state index contributed by atoms with van der Waals surface area (Å²) in [5, 5.41) is 9.31. The Morgan fingerprint density at radius 1 is 1.09 bits per heavy atom. The fourth-order valence-corrected chi connectivity index (χ4v) is 3.09. The lowest BCUT2D eigenvalue weighted by Crippen LogP contribution is -2.00. The van der Waals surface area contributed by atoms with Crippen molar-refractivity contribution in [2.24, 2.45) is 0 Å². The first-order chi connectivity index (χ1) is 10.7. The van der Waals surface area contributed by atoms with Gasteiger partial charge in [0.15, 0.2) is 0 Å². The molecule has 1 N–H and O–H groups in total. The Kier molecular flexibility index (Phi) is 6.34. The van der Waals surface area contributed by atoms with Crippen LogP contribution in [-0.2, 0) is 6.61 Å². The highest BCUT2D eigenvalue weighted by Gasteiger charge is 2.09. The molecule has 2 rings (SSSR count). The number of benzene rings is 2. The number of thioether (sulfide) groups is 1. The van der Waals surface area contributed by atoms with E-state index in [1.165, 1.54) is 16.7 Å². The molecule has 2 nitrogen and oxygen atoms in total. The number of aryl methyl sites for hydroxylation is 2. The third kappa shape index (κ3) is 4.28. The van der Waals surface area contributed by atoms with Gasteiger partial charge in [-0.2, -0.15) is 11.8 Å². The van der Waals surface area contributed by atoms with Crippen molar-refractivity contribution < 1.29 is 9.84 Å². The quantitative estimate of drug-likeness (QED) is 0.757. The maximum atomic E-state index is 9.31. The van der Waals surface area contributed by atoms with Gasteiger partial charge in [0.05, 0.1) is 13.2 Å². The summed E-state index contributed by atoms with van der Waals surface area (Å²) < 4.78 is 5.85. The first-order valence-electron chi connectivity index (χ1n) is 7.59. The second-order valence-corrected chi connectivity index (χ2v) is 6.47. The third-order valence-electron chi connectivity index (χ3n) is 3.67. The van der Waals surface area contributed by atoms with Crippen LogP contribution in [0, 0.1) is 13.8 Å². The molecule has 0 fully saturated rings. The number of aliphatic hydroxyl groups is 1. The molecule has 0 radical (unpaired) electrons. The Hall–Kier alpha value is -1.45. The first kappa shape index (κ1) is 16.9. The smallest absolute Gasteiger partial charge is 0.119 e. The van der Waals surface area contributed by atoms with Crippen molar-refractivity contribution in [2.75, 3.05) is 18.6 Å². The van der Waals surface area contributed by atoms with E-state index in [2.05, 4.69) is 38.3 Å². The summed E-state index contributed by atoms with van der Waals surface area (Å²) in [6.07, 6.45) is 3.18. The topological polar surface area (TPSA) is 29.5 Å². The molecule has 2 aromatic rings. The molecule has 0 aromatic heterocycles. The molecule has 3 heteroatoms. The molecule has 0 aliphatic carbocycles. The van der Waals surface area contributed by atoms with Gasteiger partial charge < -0.3 is 9.84 Å². The van der Waals surface area contributed by atoms with Gasteiger partial charge >= 0.3 is 0 Å². The molecule has 118 valence electrons. The first-order valence-corrected chi connectivity index (χ1v) is 8.98. The molecule has 0 atom stereocenters. The summed E-state index contributed by atoms with van der Waals surface area (Å²) >= 11 is 1.85. The van der Waals surface area contributed by atoms with Crippen LogP contribution in [0.3, 0.4) is 0 Å². The SMILES string of the molecule is CSCCCOc1cc(C)c(-c2cccc(CO)c2)c(C)c1. The zero-order valence-corrected chi connectivity index (χ0v) is 14.4. The Morgan fingerprint density at radius 2 is 1.82 bits per heavy atom. The molecule has 0 bridgehead atoms.